The fourth-order valence-electron chi connectivity index (χ4n) is 2.40. The largest absolute Gasteiger partial charge is 0.453 e. The van der Waals surface area contributed by atoms with Crippen molar-refractivity contribution in [3.8, 4) is 11.1 Å². The van der Waals surface area contributed by atoms with Crippen molar-refractivity contribution in [1.82, 2.24) is 0 Å². The molecule has 0 spiro atoms. The van der Waals surface area contributed by atoms with Gasteiger partial charge in [0, 0.05) is 18.1 Å². The Balaban J connectivity index is 2.20. The molecular weight excluding hydrogens is 212 g/mol. The molecule has 0 bridgehead atoms. The summed E-state index contributed by atoms with van der Waals surface area (Å²) in [7, 11) is 0. The zero-order chi connectivity index (χ0) is 11.8. The van der Waals surface area contributed by atoms with Crippen molar-refractivity contribution in [3.63, 3.8) is 0 Å². The summed E-state index contributed by atoms with van der Waals surface area (Å²) in [4.78, 5) is 11.2. The molecule has 0 saturated heterocycles. The molecule has 0 aliphatic heterocycles. The molecule has 0 atom stereocenters. The van der Waals surface area contributed by atoms with E-state index in [1.54, 1.807) is 0 Å². The monoisotopic (exact) mass is 224 g/mol. The summed E-state index contributed by atoms with van der Waals surface area (Å²) in [6.45, 7) is 1.45. The van der Waals surface area contributed by atoms with Crippen LogP contribution >= 0.6 is 0 Å². The van der Waals surface area contributed by atoms with Crippen molar-refractivity contribution < 1.29 is 9.53 Å². The second-order valence-electron chi connectivity index (χ2n) is 4.16. The fourth-order valence-corrected chi connectivity index (χ4v) is 2.40. The molecule has 17 heavy (non-hydrogen) atoms. The minimum absolute atomic E-state index is 0.249. The van der Waals surface area contributed by atoms with Crippen LogP contribution in [-0.2, 0) is 9.53 Å². The molecule has 0 N–H and O–H groups in total. The number of hydrogen-bond acceptors (Lipinski definition) is 2. The molecule has 1 aliphatic rings. The van der Waals surface area contributed by atoms with Gasteiger partial charge in [-0.1, -0.05) is 48.5 Å². The first kappa shape index (κ1) is 10.1. The number of ether oxygens (including phenoxy) is 1. The van der Waals surface area contributed by atoms with Crippen LogP contribution in [0, 0.1) is 0 Å². The van der Waals surface area contributed by atoms with E-state index in [-0.39, 0.29) is 12.1 Å². The number of benzene rings is 2. The van der Waals surface area contributed by atoms with Crippen LogP contribution < -0.4 is 0 Å². The van der Waals surface area contributed by atoms with E-state index in [2.05, 4.69) is 12.1 Å². The Kier molecular flexibility index (Phi) is 2.22. The van der Waals surface area contributed by atoms with Gasteiger partial charge >= 0.3 is 5.97 Å². The van der Waals surface area contributed by atoms with Crippen LogP contribution in [0.2, 0.25) is 0 Å². The van der Waals surface area contributed by atoms with E-state index in [4.69, 9.17) is 4.74 Å². The number of esters is 1. The van der Waals surface area contributed by atoms with E-state index in [0.29, 0.717) is 0 Å². The number of carbonyl (C=O) groups excluding carboxylic acids is 1. The Morgan fingerprint density at radius 1 is 0.941 bits per heavy atom. The summed E-state index contributed by atoms with van der Waals surface area (Å²) in [6, 6.07) is 16.1. The van der Waals surface area contributed by atoms with Crippen LogP contribution in [0.4, 0.5) is 0 Å². The van der Waals surface area contributed by atoms with Crippen molar-refractivity contribution in [3.05, 3.63) is 59.7 Å². The van der Waals surface area contributed by atoms with Gasteiger partial charge in [0.25, 0.3) is 0 Å². The van der Waals surface area contributed by atoms with Crippen molar-refractivity contribution >= 4 is 5.97 Å². The molecule has 0 heterocycles. The highest BCUT2D eigenvalue weighted by atomic mass is 16.5. The first-order chi connectivity index (χ1) is 8.27. The fraction of sp³-hybridized carbons (Fsp3) is 0.133. The molecule has 0 fully saturated rings. The van der Waals surface area contributed by atoms with Gasteiger partial charge in [0.1, 0.15) is 0 Å². The lowest BCUT2D eigenvalue weighted by molar-refractivity contribution is -0.144. The smallest absolute Gasteiger partial charge is 0.303 e. The molecule has 2 heteroatoms. The summed E-state index contributed by atoms with van der Waals surface area (Å²) in [6.07, 6.45) is -0.250. The second-order valence-corrected chi connectivity index (χ2v) is 4.16. The zero-order valence-corrected chi connectivity index (χ0v) is 9.51. The normalized spacial score (nSPS) is 13.0. The van der Waals surface area contributed by atoms with Gasteiger partial charge in [0.05, 0.1) is 0 Å². The maximum Gasteiger partial charge on any atom is 0.303 e. The topological polar surface area (TPSA) is 26.3 Å². The first-order valence-corrected chi connectivity index (χ1v) is 5.63. The lowest BCUT2D eigenvalue weighted by atomic mass is 10.1. The number of carbonyl (C=O) groups is 1. The maximum absolute atomic E-state index is 11.2. The van der Waals surface area contributed by atoms with Crippen LogP contribution in [0.1, 0.15) is 24.2 Å². The molecule has 84 valence electrons. The number of hydrogen-bond donors (Lipinski definition) is 0. The lowest BCUT2D eigenvalue weighted by Gasteiger charge is -2.13. The molecule has 2 nitrogen and oxygen atoms in total. The van der Waals surface area contributed by atoms with Crippen LogP contribution in [0.15, 0.2) is 48.5 Å². The van der Waals surface area contributed by atoms with Gasteiger partial charge < -0.3 is 4.74 Å². The van der Waals surface area contributed by atoms with E-state index in [0.717, 1.165) is 22.3 Å². The molecule has 3 rings (SSSR count). The summed E-state index contributed by atoms with van der Waals surface area (Å²) in [5.41, 5.74) is 4.47. The number of rotatable bonds is 1. The van der Waals surface area contributed by atoms with Gasteiger partial charge in [0.2, 0.25) is 0 Å². The van der Waals surface area contributed by atoms with Gasteiger partial charge in [-0.15, -0.1) is 0 Å². The van der Waals surface area contributed by atoms with Crippen molar-refractivity contribution in [2.45, 2.75) is 13.0 Å². The molecule has 0 unspecified atom stereocenters. The predicted molar refractivity (Wildman–Crippen MR) is 65.5 cm³/mol. The van der Waals surface area contributed by atoms with Crippen LogP contribution in [-0.4, -0.2) is 5.97 Å². The average Bonchev–Trinajstić information content (AvgIpc) is 2.65. The Labute approximate surface area is 99.9 Å². The van der Waals surface area contributed by atoms with E-state index in [1.165, 1.54) is 6.92 Å². The van der Waals surface area contributed by atoms with Gasteiger partial charge in [-0.3, -0.25) is 4.79 Å². The SMILES string of the molecule is CC(=O)OC1c2ccccc2-c2ccccc21. The third-order valence-electron chi connectivity index (χ3n) is 3.06. The minimum atomic E-state index is -0.250. The molecule has 0 aromatic heterocycles. The zero-order valence-electron chi connectivity index (χ0n) is 9.51. The molecular formula is C15H12O2. The quantitative estimate of drug-likeness (QED) is 0.694. The predicted octanol–water partition coefficient (Wildman–Crippen LogP) is 3.32. The maximum atomic E-state index is 11.2. The van der Waals surface area contributed by atoms with Gasteiger partial charge in [0.15, 0.2) is 6.10 Å². The van der Waals surface area contributed by atoms with Crippen LogP contribution in [0.3, 0.4) is 0 Å². The highest BCUT2D eigenvalue weighted by Gasteiger charge is 2.29. The minimum Gasteiger partial charge on any atom is -0.453 e. The highest BCUT2D eigenvalue weighted by molar-refractivity contribution is 5.79. The third kappa shape index (κ3) is 1.53. The van der Waals surface area contributed by atoms with Gasteiger partial charge in [-0.2, -0.15) is 0 Å². The Bertz CT molecular complexity index is 541. The molecule has 2 aromatic carbocycles. The molecule has 0 radical (unpaired) electrons. The summed E-state index contributed by atoms with van der Waals surface area (Å²) < 4.78 is 5.43. The van der Waals surface area contributed by atoms with Crippen LogP contribution in [0.25, 0.3) is 11.1 Å². The summed E-state index contributed by atoms with van der Waals surface area (Å²) in [5.74, 6) is -0.249. The van der Waals surface area contributed by atoms with Crippen molar-refractivity contribution in [2.24, 2.45) is 0 Å². The van der Waals surface area contributed by atoms with Gasteiger partial charge in [-0.05, 0) is 11.1 Å². The van der Waals surface area contributed by atoms with E-state index < -0.39 is 0 Å². The first-order valence-electron chi connectivity index (χ1n) is 5.63. The second kappa shape index (κ2) is 3.74. The Hall–Kier alpha value is -2.09. The van der Waals surface area contributed by atoms with E-state index in [9.17, 15) is 4.79 Å². The molecule has 2 aromatic rings. The van der Waals surface area contributed by atoms with Crippen molar-refractivity contribution in [2.75, 3.05) is 0 Å². The third-order valence-corrected chi connectivity index (χ3v) is 3.06. The van der Waals surface area contributed by atoms with Crippen molar-refractivity contribution in [1.29, 1.82) is 0 Å². The average molecular weight is 224 g/mol. The summed E-state index contributed by atoms with van der Waals surface area (Å²) >= 11 is 0. The molecule has 0 amide bonds. The standard InChI is InChI=1S/C15H12O2/c1-10(16)17-15-13-8-4-2-6-11(13)12-7-3-5-9-14(12)15/h2-9,15H,1H3. The molecule has 1 aliphatic carbocycles. The van der Waals surface area contributed by atoms with E-state index >= 15 is 0 Å². The lowest BCUT2D eigenvalue weighted by Crippen LogP contribution is -2.06. The number of fused-ring (bicyclic) bond motifs is 3. The van der Waals surface area contributed by atoms with E-state index in [1.807, 2.05) is 36.4 Å². The Morgan fingerprint density at radius 3 is 1.88 bits per heavy atom. The summed E-state index contributed by atoms with van der Waals surface area (Å²) in [5, 5.41) is 0. The highest BCUT2D eigenvalue weighted by Crippen LogP contribution is 2.44. The molecule has 0 saturated carbocycles. The van der Waals surface area contributed by atoms with Crippen LogP contribution in [0.5, 0.6) is 0 Å². The van der Waals surface area contributed by atoms with Gasteiger partial charge in [-0.25, -0.2) is 0 Å². The Morgan fingerprint density at radius 2 is 1.41 bits per heavy atom.